The first-order valence-corrected chi connectivity index (χ1v) is 6.62. The molecule has 0 fully saturated rings. The van der Waals surface area contributed by atoms with Crippen LogP contribution in [-0.2, 0) is 11.3 Å². The van der Waals surface area contributed by atoms with Gasteiger partial charge in [0.15, 0.2) is 11.6 Å². The van der Waals surface area contributed by atoms with Crippen LogP contribution in [0.4, 0.5) is 20.2 Å². The number of halogens is 2. The predicted molar refractivity (Wildman–Crippen MR) is 80.9 cm³/mol. The number of nitro groups is 1. The first-order valence-electron chi connectivity index (χ1n) is 6.62. The Morgan fingerprint density at radius 3 is 2.48 bits per heavy atom. The summed E-state index contributed by atoms with van der Waals surface area (Å²) in [5.41, 5.74) is 2.62. The Hall–Kier alpha value is -3.63. The van der Waals surface area contributed by atoms with Gasteiger partial charge in [0.05, 0.1) is 11.1 Å². The highest BCUT2D eigenvalue weighted by Crippen LogP contribution is 2.14. The van der Waals surface area contributed by atoms with E-state index in [2.05, 4.69) is 5.32 Å². The second-order valence-corrected chi connectivity index (χ2v) is 4.84. The molecule has 9 nitrogen and oxygen atoms in total. The van der Waals surface area contributed by atoms with Gasteiger partial charge in [-0.2, -0.15) is 0 Å². The summed E-state index contributed by atoms with van der Waals surface area (Å²) in [7, 11) is 0. The lowest BCUT2D eigenvalue weighted by Gasteiger charge is -2.09. The van der Waals surface area contributed by atoms with E-state index in [-0.39, 0.29) is 5.69 Å². The molecule has 1 heterocycles. The van der Waals surface area contributed by atoms with E-state index in [9.17, 15) is 33.3 Å². The van der Waals surface area contributed by atoms with Gasteiger partial charge in [-0.05, 0) is 12.1 Å². The topological polar surface area (TPSA) is 137 Å². The quantitative estimate of drug-likeness (QED) is 0.605. The maximum atomic E-state index is 13.1. The Kier molecular flexibility index (Phi) is 4.86. The number of benzene rings is 1. The van der Waals surface area contributed by atoms with Crippen molar-refractivity contribution in [2.45, 2.75) is 6.54 Å². The van der Waals surface area contributed by atoms with Crippen LogP contribution >= 0.6 is 0 Å². The number of carbonyl (C=O) groups is 2. The van der Waals surface area contributed by atoms with Gasteiger partial charge >= 0.3 is 0 Å². The van der Waals surface area contributed by atoms with Gasteiger partial charge in [0.25, 0.3) is 17.2 Å². The fourth-order valence-electron chi connectivity index (χ4n) is 1.94. The molecule has 3 N–H and O–H groups in total. The third kappa shape index (κ3) is 4.02. The van der Waals surface area contributed by atoms with Gasteiger partial charge in [0.1, 0.15) is 12.1 Å². The SMILES string of the molecule is NC(=O)c1cc([N+](=O)[O-])cn(CC(=O)Nc2ccc(F)c(F)c2)c1=O. The summed E-state index contributed by atoms with van der Waals surface area (Å²) in [4.78, 5) is 45.1. The molecule has 2 amide bonds. The molecule has 1 aromatic carbocycles. The lowest BCUT2D eigenvalue weighted by Crippen LogP contribution is -2.33. The molecule has 0 spiro atoms. The lowest BCUT2D eigenvalue weighted by molar-refractivity contribution is -0.385. The lowest BCUT2D eigenvalue weighted by atomic mass is 10.2. The third-order valence-corrected chi connectivity index (χ3v) is 3.07. The highest BCUT2D eigenvalue weighted by atomic mass is 19.2. The molecule has 0 radical (unpaired) electrons. The second-order valence-electron chi connectivity index (χ2n) is 4.84. The molecule has 0 aliphatic heterocycles. The van der Waals surface area contributed by atoms with Crippen molar-refractivity contribution in [3.8, 4) is 0 Å². The zero-order valence-corrected chi connectivity index (χ0v) is 12.4. The molecule has 0 aliphatic rings. The van der Waals surface area contributed by atoms with Crippen LogP contribution in [0.25, 0.3) is 0 Å². The fraction of sp³-hybridized carbons (Fsp3) is 0.0714. The van der Waals surface area contributed by atoms with Crippen molar-refractivity contribution in [1.29, 1.82) is 0 Å². The minimum atomic E-state index is -1.19. The zero-order valence-electron chi connectivity index (χ0n) is 12.4. The number of nitrogens with two attached hydrogens (primary N) is 1. The Bertz CT molecular complexity index is 941. The number of hydrogen-bond donors (Lipinski definition) is 2. The van der Waals surface area contributed by atoms with Crippen LogP contribution in [-0.4, -0.2) is 21.3 Å². The summed E-state index contributed by atoms with van der Waals surface area (Å²) in [5.74, 6) is -4.35. The Labute approximate surface area is 137 Å². The average Bonchev–Trinajstić information content (AvgIpc) is 2.52. The molecule has 0 saturated carbocycles. The Morgan fingerprint density at radius 1 is 1.24 bits per heavy atom. The van der Waals surface area contributed by atoms with Crippen LogP contribution in [0.1, 0.15) is 10.4 Å². The Balaban J connectivity index is 2.30. The van der Waals surface area contributed by atoms with Crippen molar-refractivity contribution in [1.82, 2.24) is 4.57 Å². The summed E-state index contributed by atoms with van der Waals surface area (Å²) >= 11 is 0. The molecule has 11 heteroatoms. The summed E-state index contributed by atoms with van der Waals surface area (Å²) in [6.45, 7) is -0.709. The van der Waals surface area contributed by atoms with E-state index in [0.717, 1.165) is 24.4 Å². The van der Waals surface area contributed by atoms with Gasteiger partial charge in [0, 0.05) is 17.8 Å². The monoisotopic (exact) mass is 352 g/mol. The van der Waals surface area contributed by atoms with Gasteiger partial charge in [0.2, 0.25) is 5.91 Å². The number of carbonyl (C=O) groups excluding carboxylic acids is 2. The van der Waals surface area contributed by atoms with Crippen molar-refractivity contribution in [2.75, 3.05) is 5.32 Å². The van der Waals surface area contributed by atoms with E-state index in [1.165, 1.54) is 0 Å². The van der Waals surface area contributed by atoms with Crippen molar-refractivity contribution in [3.05, 3.63) is 68.1 Å². The molecule has 0 atom stereocenters. The third-order valence-electron chi connectivity index (χ3n) is 3.07. The van der Waals surface area contributed by atoms with E-state index >= 15 is 0 Å². The minimum Gasteiger partial charge on any atom is -0.365 e. The standard InChI is InChI=1S/C14H10F2N4O5/c15-10-2-1-7(3-11(10)16)18-12(21)6-19-5-8(20(24)25)4-9(13(17)22)14(19)23/h1-5H,6H2,(H2,17,22)(H,18,21). The number of anilines is 1. The normalized spacial score (nSPS) is 10.3. The van der Waals surface area contributed by atoms with Crippen LogP contribution in [0.15, 0.2) is 35.3 Å². The van der Waals surface area contributed by atoms with Crippen LogP contribution < -0.4 is 16.6 Å². The van der Waals surface area contributed by atoms with E-state index in [1.54, 1.807) is 0 Å². The van der Waals surface area contributed by atoms with Crippen LogP contribution in [0.3, 0.4) is 0 Å². The molecule has 2 aromatic rings. The van der Waals surface area contributed by atoms with Gasteiger partial charge in [-0.15, -0.1) is 0 Å². The van der Waals surface area contributed by atoms with E-state index in [4.69, 9.17) is 5.73 Å². The van der Waals surface area contributed by atoms with Crippen molar-refractivity contribution < 1.29 is 23.3 Å². The summed E-state index contributed by atoms with van der Waals surface area (Å²) in [6, 6.07) is 3.30. The number of rotatable bonds is 5. The molecular formula is C14H10F2N4O5. The summed E-state index contributed by atoms with van der Waals surface area (Å²) in [6.07, 6.45) is 0.763. The highest BCUT2D eigenvalue weighted by Gasteiger charge is 2.18. The first-order chi connectivity index (χ1) is 11.7. The molecule has 2 rings (SSSR count). The van der Waals surface area contributed by atoms with Gasteiger partial charge in [-0.25, -0.2) is 8.78 Å². The highest BCUT2D eigenvalue weighted by molar-refractivity contribution is 5.93. The van der Waals surface area contributed by atoms with Gasteiger partial charge < -0.3 is 11.1 Å². The second kappa shape index (κ2) is 6.86. The number of pyridine rings is 1. The van der Waals surface area contributed by atoms with E-state index in [1.807, 2.05) is 0 Å². The van der Waals surface area contributed by atoms with Gasteiger partial charge in [-0.3, -0.25) is 29.1 Å². The maximum absolute atomic E-state index is 13.1. The molecule has 25 heavy (non-hydrogen) atoms. The maximum Gasteiger partial charge on any atom is 0.286 e. The van der Waals surface area contributed by atoms with Crippen LogP contribution in [0.5, 0.6) is 0 Å². The molecule has 0 aliphatic carbocycles. The number of primary amides is 1. The smallest absolute Gasteiger partial charge is 0.286 e. The van der Waals surface area contributed by atoms with Crippen molar-refractivity contribution in [2.24, 2.45) is 5.73 Å². The number of aromatic nitrogens is 1. The Morgan fingerprint density at radius 2 is 1.92 bits per heavy atom. The van der Waals surface area contributed by atoms with Crippen molar-refractivity contribution in [3.63, 3.8) is 0 Å². The number of nitrogens with zero attached hydrogens (tertiary/aromatic N) is 2. The fourth-order valence-corrected chi connectivity index (χ4v) is 1.94. The molecule has 0 bridgehead atoms. The first kappa shape index (κ1) is 17.7. The zero-order chi connectivity index (χ0) is 18.7. The van der Waals surface area contributed by atoms with Crippen LogP contribution in [0, 0.1) is 21.7 Å². The summed E-state index contributed by atoms with van der Waals surface area (Å²) < 4.78 is 26.6. The summed E-state index contributed by atoms with van der Waals surface area (Å²) in [5, 5.41) is 13.0. The van der Waals surface area contributed by atoms with E-state index < -0.39 is 51.7 Å². The molecular weight excluding hydrogens is 342 g/mol. The van der Waals surface area contributed by atoms with Crippen LogP contribution in [0.2, 0.25) is 0 Å². The predicted octanol–water partition coefficient (Wildman–Crippen LogP) is 0.772. The van der Waals surface area contributed by atoms with E-state index in [0.29, 0.717) is 10.6 Å². The van der Waals surface area contributed by atoms with Crippen molar-refractivity contribution >= 4 is 23.2 Å². The number of hydrogen-bond acceptors (Lipinski definition) is 5. The molecule has 0 unspecified atom stereocenters. The number of amides is 2. The number of nitrogens with one attached hydrogen (secondary N) is 1. The molecule has 0 saturated heterocycles. The molecule has 130 valence electrons. The largest absolute Gasteiger partial charge is 0.365 e. The van der Waals surface area contributed by atoms with Gasteiger partial charge in [-0.1, -0.05) is 0 Å². The average molecular weight is 352 g/mol. The minimum absolute atomic E-state index is 0.0856. The molecule has 1 aromatic heterocycles.